The van der Waals surface area contributed by atoms with Crippen molar-refractivity contribution in [1.82, 2.24) is 4.98 Å². The Labute approximate surface area is 141 Å². The fourth-order valence-electron chi connectivity index (χ4n) is 4.03. The summed E-state index contributed by atoms with van der Waals surface area (Å²) in [6, 6.07) is 21.8. The third-order valence-electron chi connectivity index (χ3n) is 5.31. The molecule has 116 valence electrons. The highest BCUT2D eigenvalue weighted by molar-refractivity contribution is 5.91. The molecule has 1 N–H and O–H groups in total. The maximum Gasteiger partial charge on any atom is 0.287 e. The molecule has 1 heterocycles. The summed E-state index contributed by atoms with van der Waals surface area (Å²) in [7, 11) is 2.15. The summed E-state index contributed by atoms with van der Waals surface area (Å²) < 4.78 is 2.28. The number of aryl methyl sites for hydroxylation is 2. The van der Waals surface area contributed by atoms with Gasteiger partial charge in [-0.25, -0.2) is 9.55 Å². The molecule has 1 aliphatic rings. The van der Waals surface area contributed by atoms with Gasteiger partial charge in [0.05, 0.1) is 12.6 Å². The van der Waals surface area contributed by atoms with Crippen LogP contribution in [0.15, 0.2) is 60.7 Å². The first-order valence-corrected chi connectivity index (χ1v) is 8.42. The molecule has 0 amide bonds. The van der Waals surface area contributed by atoms with Gasteiger partial charge in [-0.15, -0.1) is 0 Å². The van der Waals surface area contributed by atoms with Crippen LogP contribution in [0.3, 0.4) is 0 Å². The number of rotatable bonds is 1. The average Bonchev–Trinajstić information content (AvgIpc) is 3.14. The Kier molecular flexibility index (Phi) is 2.72. The molecule has 2 heteroatoms. The molecule has 0 bridgehead atoms. The number of hydrogen-bond donors (Lipinski definition) is 1. The van der Waals surface area contributed by atoms with E-state index >= 15 is 0 Å². The van der Waals surface area contributed by atoms with Crippen molar-refractivity contribution in [2.45, 2.75) is 13.3 Å². The van der Waals surface area contributed by atoms with Gasteiger partial charge in [0.2, 0.25) is 0 Å². The maximum atomic E-state index is 3.72. The smallest absolute Gasteiger partial charge is 0.236 e. The van der Waals surface area contributed by atoms with E-state index in [4.69, 9.17) is 0 Å². The summed E-state index contributed by atoms with van der Waals surface area (Å²) >= 11 is 0. The van der Waals surface area contributed by atoms with E-state index in [1.807, 2.05) is 0 Å². The van der Waals surface area contributed by atoms with Crippen LogP contribution in [0.1, 0.15) is 16.7 Å². The van der Waals surface area contributed by atoms with Gasteiger partial charge in [0, 0.05) is 12.0 Å². The quantitative estimate of drug-likeness (QED) is 0.439. The van der Waals surface area contributed by atoms with Gasteiger partial charge in [-0.2, -0.15) is 0 Å². The number of H-pyrrole nitrogens is 1. The molecule has 0 unspecified atom stereocenters. The van der Waals surface area contributed by atoms with Crippen LogP contribution in [-0.2, 0) is 13.5 Å². The lowest BCUT2D eigenvalue weighted by Gasteiger charge is -2.00. The molecule has 3 aromatic carbocycles. The zero-order valence-corrected chi connectivity index (χ0v) is 13.9. The third-order valence-corrected chi connectivity index (χ3v) is 5.31. The molecule has 0 atom stereocenters. The van der Waals surface area contributed by atoms with Crippen molar-refractivity contribution < 1.29 is 4.57 Å². The first-order valence-electron chi connectivity index (χ1n) is 8.42. The standard InChI is InChI=1S/C22H18N2/c1-14-7-3-5-9-16(14)22-23-21-19-13-15-8-4-6-10-17(15)18(19)11-12-20(21)24(22)2/h3-12H,13H2,1-2H3/p+1. The Hall–Kier alpha value is -2.87. The summed E-state index contributed by atoms with van der Waals surface area (Å²) in [5.74, 6) is 1.17. The molecular formula is C22H19N2+. The Bertz CT molecular complexity index is 1100. The number of nitrogens with zero attached hydrogens (tertiary/aromatic N) is 1. The second-order valence-electron chi connectivity index (χ2n) is 6.67. The molecule has 0 saturated heterocycles. The number of aromatic nitrogens is 2. The van der Waals surface area contributed by atoms with Crippen LogP contribution < -0.4 is 4.57 Å². The fraction of sp³-hybridized carbons (Fsp3) is 0.136. The largest absolute Gasteiger partial charge is 0.287 e. The molecule has 0 fully saturated rings. The minimum Gasteiger partial charge on any atom is -0.236 e. The monoisotopic (exact) mass is 311 g/mol. The van der Waals surface area contributed by atoms with Gasteiger partial charge in [0.1, 0.15) is 0 Å². The molecule has 5 rings (SSSR count). The van der Waals surface area contributed by atoms with E-state index in [1.54, 1.807) is 0 Å². The fourth-order valence-corrected chi connectivity index (χ4v) is 4.03. The van der Waals surface area contributed by atoms with Gasteiger partial charge in [-0.3, -0.25) is 0 Å². The topological polar surface area (TPSA) is 19.7 Å². The molecule has 4 aromatic rings. The van der Waals surface area contributed by atoms with E-state index in [2.05, 4.69) is 84.2 Å². The third kappa shape index (κ3) is 1.74. The van der Waals surface area contributed by atoms with E-state index in [-0.39, 0.29) is 0 Å². The van der Waals surface area contributed by atoms with E-state index in [1.165, 1.54) is 50.2 Å². The first-order chi connectivity index (χ1) is 11.7. The first kappa shape index (κ1) is 13.6. The van der Waals surface area contributed by atoms with Crippen molar-refractivity contribution in [1.29, 1.82) is 0 Å². The molecule has 0 saturated carbocycles. The predicted molar refractivity (Wildman–Crippen MR) is 97.9 cm³/mol. The van der Waals surface area contributed by atoms with Crippen LogP contribution in [0.4, 0.5) is 0 Å². The molecule has 2 nitrogen and oxygen atoms in total. The summed E-state index contributed by atoms with van der Waals surface area (Å²) in [4.78, 5) is 3.72. The Balaban J connectivity index is 1.79. The van der Waals surface area contributed by atoms with E-state index in [0.29, 0.717) is 0 Å². The molecule has 0 spiro atoms. The van der Waals surface area contributed by atoms with E-state index in [9.17, 15) is 0 Å². The van der Waals surface area contributed by atoms with Crippen LogP contribution in [-0.4, -0.2) is 4.98 Å². The Morgan fingerprint density at radius 3 is 2.42 bits per heavy atom. The van der Waals surface area contributed by atoms with Crippen molar-refractivity contribution in [3.63, 3.8) is 0 Å². The predicted octanol–water partition coefficient (Wildman–Crippen LogP) is 4.54. The summed E-state index contributed by atoms with van der Waals surface area (Å²) in [6.45, 7) is 2.17. The van der Waals surface area contributed by atoms with E-state index in [0.717, 1.165) is 6.42 Å². The molecule has 0 radical (unpaired) electrons. The summed E-state index contributed by atoms with van der Waals surface area (Å²) in [5, 5.41) is 0. The molecule has 1 aromatic heterocycles. The lowest BCUT2D eigenvalue weighted by Crippen LogP contribution is -2.29. The van der Waals surface area contributed by atoms with Crippen LogP contribution in [0.25, 0.3) is 33.5 Å². The molecule has 1 aliphatic carbocycles. The van der Waals surface area contributed by atoms with Gasteiger partial charge in [0.25, 0.3) is 5.82 Å². The highest BCUT2D eigenvalue weighted by Crippen LogP contribution is 2.39. The van der Waals surface area contributed by atoms with Crippen LogP contribution in [0.2, 0.25) is 0 Å². The van der Waals surface area contributed by atoms with Crippen LogP contribution in [0.5, 0.6) is 0 Å². The van der Waals surface area contributed by atoms with Crippen molar-refractivity contribution >= 4 is 11.0 Å². The molecular weight excluding hydrogens is 292 g/mol. The average molecular weight is 311 g/mol. The van der Waals surface area contributed by atoms with Crippen LogP contribution >= 0.6 is 0 Å². The number of benzene rings is 3. The van der Waals surface area contributed by atoms with Crippen LogP contribution in [0, 0.1) is 6.92 Å². The molecule has 24 heavy (non-hydrogen) atoms. The van der Waals surface area contributed by atoms with Crippen molar-refractivity contribution in [3.8, 4) is 22.5 Å². The summed E-state index contributed by atoms with van der Waals surface area (Å²) in [5.41, 5.74) is 10.7. The highest BCUT2D eigenvalue weighted by atomic mass is 15.1. The minimum absolute atomic E-state index is 1.01. The minimum atomic E-state index is 1.01. The Morgan fingerprint density at radius 1 is 0.833 bits per heavy atom. The number of aromatic amines is 1. The van der Waals surface area contributed by atoms with Gasteiger partial charge in [0.15, 0.2) is 11.0 Å². The second-order valence-corrected chi connectivity index (χ2v) is 6.67. The highest BCUT2D eigenvalue weighted by Gasteiger charge is 2.27. The number of nitrogens with one attached hydrogen (secondary N) is 1. The molecule has 0 aliphatic heterocycles. The normalized spacial score (nSPS) is 12.4. The zero-order valence-electron chi connectivity index (χ0n) is 13.9. The maximum absolute atomic E-state index is 3.72. The van der Waals surface area contributed by atoms with Gasteiger partial charge < -0.3 is 0 Å². The van der Waals surface area contributed by atoms with Gasteiger partial charge >= 0.3 is 0 Å². The zero-order chi connectivity index (χ0) is 16.3. The van der Waals surface area contributed by atoms with Gasteiger partial charge in [-0.1, -0.05) is 42.5 Å². The second kappa shape index (κ2) is 4.81. The lowest BCUT2D eigenvalue weighted by atomic mass is 10.1. The summed E-state index contributed by atoms with van der Waals surface area (Å²) in [6.07, 6.45) is 1.01. The lowest BCUT2D eigenvalue weighted by molar-refractivity contribution is -0.633. The number of fused-ring (bicyclic) bond motifs is 5. The van der Waals surface area contributed by atoms with Gasteiger partial charge in [-0.05, 0) is 47.4 Å². The van der Waals surface area contributed by atoms with Crippen molar-refractivity contribution in [2.75, 3.05) is 0 Å². The number of hydrogen-bond acceptors (Lipinski definition) is 0. The van der Waals surface area contributed by atoms with Crippen molar-refractivity contribution in [2.24, 2.45) is 7.05 Å². The SMILES string of the molecule is Cc1ccccc1-c1[nH]c2c3c(ccc2[n+]1C)-c1ccccc1C3. The van der Waals surface area contributed by atoms with Crippen molar-refractivity contribution in [3.05, 3.63) is 77.4 Å². The van der Waals surface area contributed by atoms with E-state index < -0.39 is 0 Å². The number of imidazole rings is 1. The Morgan fingerprint density at radius 2 is 1.58 bits per heavy atom.